The lowest BCUT2D eigenvalue weighted by Gasteiger charge is -2.23. The van der Waals surface area contributed by atoms with Crippen LogP contribution in [0.3, 0.4) is 0 Å². The van der Waals surface area contributed by atoms with Crippen molar-refractivity contribution in [2.75, 3.05) is 18.0 Å². The Labute approximate surface area is 144 Å². The van der Waals surface area contributed by atoms with Gasteiger partial charge in [0.1, 0.15) is 6.54 Å². The summed E-state index contributed by atoms with van der Waals surface area (Å²) >= 11 is 6.11. The van der Waals surface area contributed by atoms with E-state index in [1.165, 1.54) is 28.1 Å². The van der Waals surface area contributed by atoms with Gasteiger partial charge in [0.2, 0.25) is 0 Å². The normalized spacial score (nSPS) is 17.2. The molecule has 126 valence electrons. The summed E-state index contributed by atoms with van der Waals surface area (Å²) in [5.41, 5.74) is 2.03. The maximum atomic E-state index is 12.5. The molecule has 0 radical (unpaired) electrons. The molecule has 1 atom stereocenters. The molecule has 1 aliphatic heterocycles. The van der Waals surface area contributed by atoms with Crippen LogP contribution in [-0.2, 0) is 17.8 Å². The topological polar surface area (TPSA) is 75.4 Å². The monoisotopic (exact) mass is 347 g/mol. The zero-order valence-electron chi connectivity index (χ0n) is 13.3. The fourth-order valence-corrected chi connectivity index (χ4v) is 3.32. The minimum atomic E-state index is -1.06. The number of benzene rings is 1. The zero-order chi connectivity index (χ0) is 17.3. The number of aliphatic carboxylic acids is 1. The van der Waals surface area contributed by atoms with Gasteiger partial charge in [0.05, 0.1) is 0 Å². The number of hydrogen-bond donors (Lipinski definition) is 1. The third-order valence-corrected chi connectivity index (χ3v) is 4.52. The Hall–Kier alpha value is -2.34. The van der Waals surface area contributed by atoms with Crippen molar-refractivity contribution >= 4 is 23.4 Å². The molecule has 7 heteroatoms. The second kappa shape index (κ2) is 6.65. The molecule has 24 heavy (non-hydrogen) atoms. The quantitative estimate of drug-likeness (QED) is 0.920. The summed E-state index contributed by atoms with van der Waals surface area (Å²) < 4.78 is 1.17. The summed E-state index contributed by atoms with van der Waals surface area (Å²) in [5.74, 6) is -0.569. The van der Waals surface area contributed by atoms with E-state index in [1.807, 2.05) is 23.1 Å². The number of carboxylic acid groups (broad SMARTS) is 1. The van der Waals surface area contributed by atoms with E-state index in [1.54, 1.807) is 0 Å². The van der Waals surface area contributed by atoms with Crippen LogP contribution in [0.15, 0.2) is 35.4 Å². The number of fused-ring (bicyclic) bond motifs is 1. The molecular formula is C17H18ClN3O3. The smallest absolute Gasteiger partial charge is 0.323 e. The number of halogens is 1. The van der Waals surface area contributed by atoms with Crippen molar-refractivity contribution in [2.45, 2.75) is 25.8 Å². The number of rotatable bonds is 3. The van der Waals surface area contributed by atoms with Gasteiger partial charge >= 0.3 is 5.97 Å². The lowest BCUT2D eigenvalue weighted by Crippen LogP contribution is -2.36. The third kappa shape index (κ3) is 3.28. The van der Waals surface area contributed by atoms with Crippen LogP contribution in [0.1, 0.15) is 24.0 Å². The van der Waals surface area contributed by atoms with Crippen LogP contribution in [0.5, 0.6) is 0 Å². The fraction of sp³-hybridized carbons (Fsp3) is 0.353. The van der Waals surface area contributed by atoms with Crippen LogP contribution >= 0.6 is 11.6 Å². The highest BCUT2D eigenvalue weighted by Crippen LogP contribution is 2.28. The molecule has 3 rings (SSSR count). The summed E-state index contributed by atoms with van der Waals surface area (Å²) in [7, 11) is 0. The Kier molecular flexibility index (Phi) is 4.57. The first kappa shape index (κ1) is 16.5. The predicted octanol–water partition coefficient (Wildman–Crippen LogP) is 2.15. The van der Waals surface area contributed by atoms with Gasteiger partial charge in [-0.25, -0.2) is 4.98 Å². The standard InChI is InChI=1S/C17H18ClN3O3/c1-11-9-20(6-4-12-2-3-13(18)8-14(11)12)16-17(24)21(7-5-19-16)10-15(22)23/h2-3,5,7-8,11H,4,6,9-10H2,1H3,(H,22,23)/t11-/m0/s1. The van der Waals surface area contributed by atoms with Crippen LogP contribution in [-0.4, -0.2) is 33.7 Å². The highest BCUT2D eigenvalue weighted by atomic mass is 35.5. The largest absolute Gasteiger partial charge is 0.480 e. The van der Waals surface area contributed by atoms with Gasteiger partial charge in [-0.15, -0.1) is 0 Å². The minimum absolute atomic E-state index is 0.190. The average molecular weight is 348 g/mol. The van der Waals surface area contributed by atoms with Gasteiger partial charge in [-0.05, 0) is 35.6 Å². The van der Waals surface area contributed by atoms with Gasteiger partial charge in [0, 0.05) is 30.5 Å². The Bertz CT molecular complexity index is 834. The van der Waals surface area contributed by atoms with Gasteiger partial charge in [-0.1, -0.05) is 24.6 Å². The third-order valence-electron chi connectivity index (χ3n) is 4.28. The van der Waals surface area contributed by atoms with E-state index in [9.17, 15) is 9.59 Å². The highest BCUT2D eigenvalue weighted by Gasteiger charge is 2.23. The Morgan fingerprint density at radius 2 is 2.25 bits per heavy atom. The lowest BCUT2D eigenvalue weighted by atomic mass is 9.95. The van der Waals surface area contributed by atoms with Gasteiger partial charge < -0.3 is 10.0 Å². The zero-order valence-corrected chi connectivity index (χ0v) is 14.0. The van der Waals surface area contributed by atoms with E-state index < -0.39 is 5.97 Å². The summed E-state index contributed by atoms with van der Waals surface area (Å²) in [6, 6.07) is 5.88. The molecule has 2 aromatic rings. The van der Waals surface area contributed by atoms with Crippen LogP contribution < -0.4 is 10.5 Å². The summed E-state index contributed by atoms with van der Waals surface area (Å²) in [4.78, 5) is 29.5. The van der Waals surface area contributed by atoms with Crippen LogP contribution in [0.25, 0.3) is 0 Å². The van der Waals surface area contributed by atoms with Crippen LogP contribution in [0, 0.1) is 0 Å². The van der Waals surface area contributed by atoms with Gasteiger partial charge in [-0.2, -0.15) is 0 Å². The van der Waals surface area contributed by atoms with Crippen molar-refractivity contribution in [1.29, 1.82) is 0 Å². The van der Waals surface area contributed by atoms with E-state index in [2.05, 4.69) is 11.9 Å². The maximum absolute atomic E-state index is 12.5. The molecule has 0 bridgehead atoms. The fourth-order valence-electron chi connectivity index (χ4n) is 3.14. The molecule has 1 aromatic heterocycles. The van der Waals surface area contributed by atoms with E-state index in [0.717, 1.165) is 6.42 Å². The maximum Gasteiger partial charge on any atom is 0.323 e. The molecule has 0 amide bonds. The number of hydrogen-bond acceptors (Lipinski definition) is 4. The Morgan fingerprint density at radius 1 is 1.46 bits per heavy atom. The van der Waals surface area contributed by atoms with Crippen molar-refractivity contribution in [3.8, 4) is 0 Å². The molecule has 0 fully saturated rings. The molecule has 0 aliphatic carbocycles. The van der Waals surface area contributed by atoms with Gasteiger partial charge in [0.25, 0.3) is 5.56 Å². The molecule has 0 spiro atoms. The second-order valence-corrected chi connectivity index (χ2v) is 6.45. The van der Waals surface area contributed by atoms with E-state index >= 15 is 0 Å². The summed E-state index contributed by atoms with van der Waals surface area (Å²) in [6.45, 7) is 3.00. The molecule has 0 saturated heterocycles. The molecule has 1 aromatic carbocycles. The molecular weight excluding hydrogens is 330 g/mol. The average Bonchev–Trinajstić information content (AvgIpc) is 2.69. The SMILES string of the molecule is C[C@H]1CN(c2nccn(CC(=O)O)c2=O)CCc2ccc(Cl)cc21. The van der Waals surface area contributed by atoms with Gasteiger partial charge in [0.15, 0.2) is 5.82 Å². The van der Waals surface area contributed by atoms with Crippen molar-refractivity contribution in [3.63, 3.8) is 0 Å². The summed E-state index contributed by atoms with van der Waals surface area (Å²) in [5, 5.41) is 9.62. The Balaban J connectivity index is 1.93. The molecule has 0 saturated carbocycles. The lowest BCUT2D eigenvalue weighted by molar-refractivity contribution is -0.137. The first-order chi connectivity index (χ1) is 11.5. The highest BCUT2D eigenvalue weighted by molar-refractivity contribution is 6.30. The van der Waals surface area contributed by atoms with Crippen molar-refractivity contribution < 1.29 is 9.90 Å². The van der Waals surface area contributed by atoms with Gasteiger partial charge in [-0.3, -0.25) is 14.2 Å². The predicted molar refractivity (Wildman–Crippen MR) is 91.9 cm³/mol. The Morgan fingerprint density at radius 3 is 3.00 bits per heavy atom. The van der Waals surface area contributed by atoms with Crippen molar-refractivity contribution in [1.82, 2.24) is 9.55 Å². The van der Waals surface area contributed by atoms with E-state index in [0.29, 0.717) is 23.9 Å². The molecule has 1 aliphatic rings. The number of carbonyl (C=O) groups is 1. The first-order valence-corrected chi connectivity index (χ1v) is 8.14. The number of anilines is 1. The van der Waals surface area contributed by atoms with Crippen molar-refractivity contribution in [3.05, 3.63) is 57.1 Å². The van der Waals surface area contributed by atoms with Crippen molar-refractivity contribution in [2.24, 2.45) is 0 Å². The van der Waals surface area contributed by atoms with E-state index in [4.69, 9.17) is 16.7 Å². The number of carboxylic acids is 1. The second-order valence-electron chi connectivity index (χ2n) is 6.02. The van der Waals surface area contributed by atoms with Crippen LogP contribution in [0.2, 0.25) is 5.02 Å². The minimum Gasteiger partial charge on any atom is -0.480 e. The summed E-state index contributed by atoms with van der Waals surface area (Å²) in [6.07, 6.45) is 3.65. The van der Waals surface area contributed by atoms with Crippen LogP contribution in [0.4, 0.5) is 5.82 Å². The number of nitrogens with zero attached hydrogens (tertiary/aromatic N) is 3. The molecule has 2 heterocycles. The molecule has 6 nitrogen and oxygen atoms in total. The van der Waals surface area contributed by atoms with E-state index in [-0.39, 0.29) is 18.0 Å². The number of aromatic nitrogens is 2. The first-order valence-electron chi connectivity index (χ1n) is 7.76. The molecule has 0 unspecified atom stereocenters. The molecule has 1 N–H and O–H groups in total.